The molecule has 0 aromatic rings. The molecule has 0 saturated heterocycles. The zero-order valence-electron chi connectivity index (χ0n) is 5.98. The molecule has 0 saturated carbocycles. The van der Waals surface area contributed by atoms with E-state index in [9.17, 15) is 0 Å². The largest absolute Gasteiger partial charge is 0.279 e. The Morgan fingerprint density at radius 1 is 1.67 bits per heavy atom. The Morgan fingerprint density at radius 2 is 2.44 bits per heavy atom. The summed E-state index contributed by atoms with van der Waals surface area (Å²) in [6.45, 7) is 2.13. The summed E-state index contributed by atoms with van der Waals surface area (Å²) in [5, 5.41) is 0. The predicted molar refractivity (Wildman–Crippen MR) is 37.7 cm³/mol. The van der Waals surface area contributed by atoms with Gasteiger partial charge in [-0.3, -0.25) is 10.3 Å². The summed E-state index contributed by atoms with van der Waals surface area (Å²) >= 11 is 0. The van der Waals surface area contributed by atoms with E-state index in [-0.39, 0.29) is 0 Å². The zero-order chi connectivity index (χ0) is 6.95. The SMILES string of the molecule is CCCC=C=CNOC. The molecule has 0 heterocycles. The van der Waals surface area contributed by atoms with E-state index in [1.54, 1.807) is 13.3 Å². The fraction of sp³-hybridized carbons (Fsp3) is 0.571. The molecule has 9 heavy (non-hydrogen) atoms. The lowest BCUT2D eigenvalue weighted by Crippen LogP contribution is -1.98. The van der Waals surface area contributed by atoms with Crippen LogP contribution in [0.2, 0.25) is 0 Å². The van der Waals surface area contributed by atoms with Crippen LogP contribution in [0.3, 0.4) is 0 Å². The van der Waals surface area contributed by atoms with Crippen molar-refractivity contribution in [3.63, 3.8) is 0 Å². The van der Waals surface area contributed by atoms with Crippen LogP contribution >= 0.6 is 0 Å². The molecule has 0 aliphatic rings. The molecule has 0 atom stereocenters. The first-order valence-electron chi connectivity index (χ1n) is 3.09. The average molecular weight is 127 g/mol. The maximum absolute atomic E-state index is 4.53. The van der Waals surface area contributed by atoms with Crippen LogP contribution in [-0.4, -0.2) is 7.11 Å². The van der Waals surface area contributed by atoms with E-state index >= 15 is 0 Å². The van der Waals surface area contributed by atoms with Crippen LogP contribution in [0, 0.1) is 0 Å². The minimum atomic E-state index is 1.07. The Hall–Kier alpha value is -0.720. The van der Waals surface area contributed by atoms with Gasteiger partial charge in [-0.05, 0) is 12.5 Å². The molecular formula is C7H13NO. The molecule has 0 radical (unpaired) electrons. The topological polar surface area (TPSA) is 21.3 Å². The Kier molecular flexibility index (Phi) is 6.70. The second-order valence-electron chi connectivity index (χ2n) is 1.63. The number of nitrogens with one attached hydrogen (secondary N) is 1. The fourth-order valence-electron chi connectivity index (χ4n) is 0.380. The van der Waals surface area contributed by atoms with Crippen molar-refractivity contribution in [3.8, 4) is 0 Å². The normalized spacial score (nSPS) is 7.78. The van der Waals surface area contributed by atoms with Gasteiger partial charge in [0.2, 0.25) is 0 Å². The molecule has 0 aromatic carbocycles. The summed E-state index contributed by atoms with van der Waals surface area (Å²) in [6.07, 6.45) is 5.83. The first-order chi connectivity index (χ1) is 4.41. The summed E-state index contributed by atoms with van der Waals surface area (Å²) in [6, 6.07) is 0. The number of hydrogen-bond acceptors (Lipinski definition) is 2. The minimum Gasteiger partial charge on any atom is -0.279 e. The van der Waals surface area contributed by atoms with E-state index in [2.05, 4.69) is 23.0 Å². The molecule has 0 rings (SSSR count). The van der Waals surface area contributed by atoms with Crippen LogP contribution in [0.15, 0.2) is 18.0 Å². The quantitative estimate of drug-likeness (QED) is 0.457. The Balaban J connectivity index is 3.18. The van der Waals surface area contributed by atoms with Crippen LogP contribution in [0.4, 0.5) is 0 Å². The summed E-state index contributed by atoms with van der Waals surface area (Å²) in [5.74, 6) is 0. The molecule has 0 aromatic heterocycles. The highest BCUT2D eigenvalue weighted by atomic mass is 16.6. The zero-order valence-corrected chi connectivity index (χ0v) is 5.98. The molecular weight excluding hydrogens is 114 g/mol. The molecule has 52 valence electrons. The molecule has 0 aliphatic carbocycles. The average Bonchev–Trinajstić information content (AvgIpc) is 1.89. The van der Waals surface area contributed by atoms with Gasteiger partial charge >= 0.3 is 0 Å². The van der Waals surface area contributed by atoms with Gasteiger partial charge in [-0.2, -0.15) is 0 Å². The maximum atomic E-state index is 4.53. The summed E-state index contributed by atoms with van der Waals surface area (Å²) in [5.41, 5.74) is 5.44. The summed E-state index contributed by atoms with van der Waals surface area (Å²) in [7, 11) is 1.57. The van der Waals surface area contributed by atoms with Crippen molar-refractivity contribution in [3.05, 3.63) is 18.0 Å². The molecule has 0 amide bonds. The maximum Gasteiger partial charge on any atom is 0.0658 e. The van der Waals surface area contributed by atoms with E-state index in [1.165, 1.54) is 0 Å². The van der Waals surface area contributed by atoms with Crippen LogP contribution in [0.25, 0.3) is 0 Å². The second kappa shape index (κ2) is 7.28. The standard InChI is InChI=1S/C7H13NO/c1-3-4-5-6-7-8-9-2/h5,7-8H,3-4H2,1-2H3. The van der Waals surface area contributed by atoms with Crippen molar-refractivity contribution in [2.75, 3.05) is 7.11 Å². The van der Waals surface area contributed by atoms with Gasteiger partial charge in [0, 0.05) is 0 Å². The second-order valence-corrected chi connectivity index (χ2v) is 1.63. The molecule has 0 aliphatic heterocycles. The van der Waals surface area contributed by atoms with Gasteiger partial charge in [-0.1, -0.05) is 13.3 Å². The van der Waals surface area contributed by atoms with Crippen LogP contribution in [0.1, 0.15) is 19.8 Å². The van der Waals surface area contributed by atoms with Crippen LogP contribution in [0.5, 0.6) is 0 Å². The van der Waals surface area contributed by atoms with E-state index in [0.717, 1.165) is 12.8 Å². The van der Waals surface area contributed by atoms with Crippen molar-refractivity contribution in [1.29, 1.82) is 0 Å². The van der Waals surface area contributed by atoms with Crippen LogP contribution < -0.4 is 5.48 Å². The molecule has 0 spiro atoms. The first-order valence-corrected chi connectivity index (χ1v) is 3.09. The van der Waals surface area contributed by atoms with Gasteiger partial charge in [0.05, 0.1) is 13.3 Å². The number of hydroxylamine groups is 1. The lowest BCUT2D eigenvalue weighted by atomic mass is 10.3. The van der Waals surface area contributed by atoms with Gasteiger partial charge in [0.1, 0.15) is 0 Å². The number of unbranched alkanes of at least 4 members (excludes halogenated alkanes) is 1. The molecule has 0 unspecified atom stereocenters. The van der Waals surface area contributed by atoms with E-state index in [4.69, 9.17) is 0 Å². The molecule has 1 N–H and O–H groups in total. The Morgan fingerprint density at radius 3 is 3.00 bits per heavy atom. The third-order valence-electron chi connectivity index (χ3n) is 0.811. The monoisotopic (exact) mass is 127 g/mol. The number of rotatable bonds is 4. The molecule has 0 bridgehead atoms. The lowest BCUT2D eigenvalue weighted by molar-refractivity contribution is 0.128. The van der Waals surface area contributed by atoms with Gasteiger partial charge < -0.3 is 0 Å². The Bertz CT molecular complexity index is 93.5. The van der Waals surface area contributed by atoms with E-state index in [0.29, 0.717) is 0 Å². The Labute approximate surface area is 56.2 Å². The van der Waals surface area contributed by atoms with Gasteiger partial charge in [0.15, 0.2) is 0 Å². The summed E-state index contributed by atoms with van der Waals surface area (Å²) < 4.78 is 0. The van der Waals surface area contributed by atoms with Crippen molar-refractivity contribution >= 4 is 0 Å². The minimum absolute atomic E-state index is 1.07. The molecule has 2 nitrogen and oxygen atoms in total. The fourth-order valence-corrected chi connectivity index (χ4v) is 0.380. The first kappa shape index (κ1) is 8.28. The lowest BCUT2D eigenvalue weighted by Gasteiger charge is -1.87. The van der Waals surface area contributed by atoms with Gasteiger partial charge in [-0.15, -0.1) is 5.73 Å². The number of hydrogen-bond donors (Lipinski definition) is 1. The highest BCUT2D eigenvalue weighted by Gasteiger charge is 1.67. The van der Waals surface area contributed by atoms with Gasteiger partial charge in [-0.25, -0.2) is 0 Å². The highest BCUT2D eigenvalue weighted by molar-refractivity contribution is 4.80. The van der Waals surface area contributed by atoms with Crippen molar-refractivity contribution in [2.24, 2.45) is 0 Å². The molecule has 2 heteroatoms. The van der Waals surface area contributed by atoms with Crippen molar-refractivity contribution in [2.45, 2.75) is 19.8 Å². The third-order valence-corrected chi connectivity index (χ3v) is 0.811. The predicted octanol–water partition coefficient (Wildman–Crippen LogP) is 1.61. The van der Waals surface area contributed by atoms with Crippen molar-refractivity contribution in [1.82, 2.24) is 5.48 Å². The molecule has 0 fully saturated rings. The van der Waals surface area contributed by atoms with E-state index in [1.807, 2.05) is 6.08 Å². The van der Waals surface area contributed by atoms with E-state index < -0.39 is 0 Å². The summed E-state index contributed by atoms with van der Waals surface area (Å²) in [4.78, 5) is 4.53. The van der Waals surface area contributed by atoms with Crippen molar-refractivity contribution < 1.29 is 4.84 Å². The van der Waals surface area contributed by atoms with Crippen LogP contribution in [-0.2, 0) is 4.84 Å². The van der Waals surface area contributed by atoms with Gasteiger partial charge in [0.25, 0.3) is 0 Å². The number of allylic oxidation sites excluding steroid dienone is 1. The smallest absolute Gasteiger partial charge is 0.0658 e. The highest BCUT2D eigenvalue weighted by Crippen LogP contribution is 1.84. The third kappa shape index (κ3) is 7.28.